The van der Waals surface area contributed by atoms with Crippen LogP contribution in [0, 0.1) is 6.92 Å². The molecule has 0 radical (unpaired) electrons. The van der Waals surface area contributed by atoms with Crippen LogP contribution in [0.25, 0.3) is 10.2 Å². The average molecular weight is 258 g/mol. The summed E-state index contributed by atoms with van der Waals surface area (Å²) in [6.45, 7) is 2.86. The molecule has 0 spiro atoms. The molecule has 2 heterocycles. The lowest BCUT2D eigenvalue weighted by molar-refractivity contribution is 0.767. The van der Waals surface area contributed by atoms with E-state index in [4.69, 9.17) is 0 Å². The zero-order valence-electron chi connectivity index (χ0n) is 10.3. The number of aryl methyl sites for hydroxylation is 2. The van der Waals surface area contributed by atoms with E-state index in [2.05, 4.69) is 40.5 Å². The molecule has 0 unspecified atom stereocenters. The highest BCUT2D eigenvalue weighted by Gasteiger charge is 2.04. The Morgan fingerprint density at radius 1 is 1.39 bits per heavy atom. The van der Waals surface area contributed by atoms with Crippen LogP contribution in [0.4, 0.5) is 5.13 Å². The summed E-state index contributed by atoms with van der Waals surface area (Å²) >= 11 is 1.69. The Hall–Kier alpha value is -1.88. The van der Waals surface area contributed by atoms with Crippen molar-refractivity contribution in [3.8, 4) is 0 Å². The van der Waals surface area contributed by atoms with E-state index in [0.717, 1.165) is 22.8 Å². The maximum Gasteiger partial charge on any atom is 0.184 e. The van der Waals surface area contributed by atoms with Gasteiger partial charge in [0.1, 0.15) is 0 Å². The molecule has 0 amide bonds. The Balaban J connectivity index is 1.78. The molecule has 3 rings (SSSR count). The lowest BCUT2D eigenvalue weighted by Gasteiger charge is -1.97. The number of benzene rings is 1. The second-order valence-corrected chi connectivity index (χ2v) is 5.40. The van der Waals surface area contributed by atoms with Gasteiger partial charge in [0.05, 0.1) is 16.4 Å². The van der Waals surface area contributed by atoms with Gasteiger partial charge in [-0.3, -0.25) is 4.68 Å². The van der Waals surface area contributed by atoms with Crippen molar-refractivity contribution in [3.05, 3.63) is 41.7 Å². The molecule has 18 heavy (non-hydrogen) atoms. The van der Waals surface area contributed by atoms with Crippen molar-refractivity contribution >= 4 is 26.7 Å². The normalized spacial score (nSPS) is 11.0. The fourth-order valence-corrected chi connectivity index (χ4v) is 2.81. The molecule has 0 atom stereocenters. The summed E-state index contributed by atoms with van der Waals surface area (Å²) in [5.41, 5.74) is 3.48. The summed E-state index contributed by atoms with van der Waals surface area (Å²) in [5.74, 6) is 0. The van der Waals surface area contributed by atoms with Gasteiger partial charge >= 0.3 is 0 Å². The largest absolute Gasteiger partial charge is 0.357 e. The van der Waals surface area contributed by atoms with Crippen molar-refractivity contribution in [2.24, 2.45) is 7.05 Å². The third kappa shape index (κ3) is 2.22. The predicted molar refractivity (Wildman–Crippen MR) is 74.9 cm³/mol. The van der Waals surface area contributed by atoms with Gasteiger partial charge in [0, 0.05) is 25.4 Å². The minimum Gasteiger partial charge on any atom is -0.357 e. The van der Waals surface area contributed by atoms with Gasteiger partial charge in [0.2, 0.25) is 0 Å². The van der Waals surface area contributed by atoms with Crippen LogP contribution in [-0.4, -0.2) is 14.8 Å². The molecule has 2 aromatic heterocycles. The third-order valence-corrected chi connectivity index (χ3v) is 3.72. The summed E-state index contributed by atoms with van der Waals surface area (Å²) in [4.78, 5) is 4.56. The Bertz CT molecular complexity index is 683. The first-order chi connectivity index (χ1) is 8.70. The SMILES string of the molecule is Cc1ccc2nc(NCc3cnn(C)c3)sc2c1. The smallest absolute Gasteiger partial charge is 0.184 e. The Labute approximate surface area is 109 Å². The van der Waals surface area contributed by atoms with E-state index in [-0.39, 0.29) is 0 Å². The molecule has 0 bridgehead atoms. The minimum absolute atomic E-state index is 0.757. The van der Waals surface area contributed by atoms with Crippen molar-refractivity contribution < 1.29 is 0 Å². The van der Waals surface area contributed by atoms with E-state index in [9.17, 15) is 0 Å². The van der Waals surface area contributed by atoms with E-state index in [0.29, 0.717) is 0 Å². The summed E-state index contributed by atoms with van der Waals surface area (Å²) in [6.07, 6.45) is 3.87. The van der Waals surface area contributed by atoms with E-state index < -0.39 is 0 Å². The number of aromatic nitrogens is 3. The van der Waals surface area contributed by atoms with Crippen LogP contribution in [0.2, 0.25) is 0 Å². The second kappa shape index (κ2) is 4.42. The molecule has 1 N–H and O–H groups in total. The summed E-state index contributed by atoms with van der Waals surface area (Å²) < 4.78 is 3.03. The Morgan fingerprint density at radius 3 is 3.06 bits per heavy atom. The predicted octanol–water partition coefficient (Wildman–Crippen LogP) is 2.95. The first-order valence-corrected chi connectivity index (χ1v) is 6.61. The van der Waals surface area contributed by atoms with Crippen LogP contribution < -0.4 is 5.32 Å². The standard InChI is InChI=1S/C13H14N4S/c1-9-3-4-11-12(5-9)18-13(16-11)14-6-10-7-15-17(2)8-10/h3-5,7-8H,6H2,1-2H3,(H,14,16). The van der Waals surface area contributed by atoms with Gasteiger partial charge in [-0.15, -0.1) is 0 Å². The molecule has 0 aliphatic rings. The lowest BCUT2D eigenvalue weighted by atomic mass is 10.2. The molecule has 0 aliphatic heterocycles. The van der Waals surface area contributed by atoms with Gasteiger partial charge < -0.3 is 5.32 Å². The number of thiazole rings is 1. The number of hydrogen-bond donors (Lipinski definition) is 1. The first kappa shape index (κ1) is 11.2. The van der Waals surface area contributed by atoms with Gasteiger partial charge in [-0.05, 0) is 24.6 Å². The first-order valence-electron chi connectivity index (χ1n) is 5.79. The molecule has 4 nitrogen and oxygen atoms in total. The van der Waals surface area contributed by atoms with Gasteiger partial charge in [0.25, 0.3) is 0 Å². The third-order valence-electron chi connectivity index (χ3n) is 2.75. The van der Waals surface area contributed by atoms with Gasteiger partial charge in [0.15, 0.2) is 5.13 Å². The van der Waals surface area contributed by atoms with Crippen LogP contribution in [0.15, 0.2) is 30.6 Å². The van der Waals surface area contributed by atoms with E-state index in [1.807, 2.05) is 19.4 Å². The highest BCUT2D eigenvalue weighted by Crippen LogP contribution is 2.26. The van der Waals surface area contributed by atoms with Crippen molar-refractivity contribution in [3.63, 3.8) is 0 Å². The van der Waals surface area contributed by atoms with Crippen molar-refractivity contribution in [1.82, 2.24) is 14.8 Å². The Morgan fingerprint density at radius 2 is 2.28 bits per heavy atom. The topological polar surface area (TPSA) is 42.7 Å². The molecule has 5 heteroatoms. The van der Waals surface area contributed by atoms with Crippen LogP contribution in [0.3, 0.4) is 0 Å². The molecule has 1 aromatic carbocycles. The molecule has 0 saturated heterocycles. The molecular formula is C13H14N4S. The van der Waals surface area contributed by atoms with Crippen molar-refractivity contribution in [1.29, 1.82) is 0 Å². The average Bonchev–Trinajstić information content (AvgIpc) is 2.92. The van der Waals surface area contributed by atoms with Gasteiger partial charge in [-0.2, -0.15) is 5.10 Å². The molecular weight excluding hydrogens is 244 g/mol. The van der Waals surface area contributed by atoms with E-state index in [1.165, 1.54) is 10.3 Å². The van der Waals surface area contributed by atoms with Crippen molar-refractivity contribution in [2.45, 2.75) is 13.5 Å². The van der Waals surface area contributed by atoms with Crippen LogP contribution >= 0.6 is 11.3 Å². The van der Waals surface area contributed by atoms with Gasteiger partial charge in [-0.25, -0.2) is 4.98 Å². The fraction of sp³-hybridized carbons (Fsp3) is 0.231. The number of hydrogen-bond acceptors (Lipinski definition) is 4. The zero-order chi connectivity index (χ0) is 12.5. The highest BCUT2D eigenvalue weighted by atomic mass is 32.1. The number of nitrogens with one attached hydrogen (secondary N) is 1. The molecule has 3 aromatic rings. The van der Waals surface area contributed by atoms with E-state index in [1.54, 1.807) is 16.0 Å². The number of anilines is 1. The molecule has 0 fully saturated rings. The monoisotopic (exact) mass is 258 g/mol. The number of fused-ring (bicyclic) bond motifs is 1. The fourth-order valence-electron chi connectivity index (χ4n) is 1.85. The van der Waals surface area contributed by atoms with Crippen molar-refractivity contribution in [2.75, 3.05) is 5.32 Å². The van der Waals surface area contributed by atoms with Gasteiger partial charge in [-0.1, -0.05) is 17.4 Å². The maximum atomic E-state index is 4.56. The molecule has 0 saturated carbocycles. The molecule has 92 valence electrons. The van der Waals surface area contributed by atoms with E-state index >= 15 is 0 Å². The zero-order valence-corrected chi connectivity index (χ0v) is 11.2. The van der Waals surface area contributed by atoms with Crippen LogP contribution in [-0.2, 0) is 13.6 Å². The quantitative estimate of drug-likeness (QED) is 0.785. The number of nitrogens with zero attached hydrogens (tertiary/aromatic N) is 3. The van der Waals surface area contributed by atoms with Crippen LogP contribution in [0.1, 0.15) is 11.1 Å². The summed E-state index contributed by atoms with van der Waals surface area (Å²) in [6, 6.07) is 6.33. The Kier molecular flexibility index (Phi) is 2.76. The highest BCUT2D eigenvalue weighted by molar-refractivity contribution is 7.22. The van der Waals surface area contributed by atoms with Crippen LogP contribution in [0.5, 0.6) is 0 Å². The second-order valence-electron chi connectivity index (χ2n) is 4.37. The summed E-state index contributed by atoms with van der Waals surface area (Å²) in [5, 5.41) is 8.44. The minimum atomic E-state index is 0.757. The lowest BCUT2D eigenvalue weighted by Crippen LogP contribution is -1.97. The number of rotatable bonds is 3. The summed E-state index contributed by atoms with van der Waals surface area (Å²) in [7, 11) is 1.92. The maximum absolute atomic E-state index is 4.56. The molecule has 0 aliphatic carbocycles.